The second kappa shape index (κ2) is 9.13. The molecule has 1 amide bonds. The number of fused-ring (bicyclic) bond motifs is 2. The summed E-state index contributed by atoms with van der Waals surface area (Å²) in [5.41, 5.74) is 12.0. The fraction of sp³-hybridized carbons (Fsp3) is 0.222. The van der Waals surface area contributed by atoms with E-state index in [9.17, 15) is 4.79 Å². The van der Waals surface area contributed by atoms with Gasteiger partial charge in [0.2, 0.25) is 5.91 Å². The fourth-order valence-electron chi connectivity index (χ4n) is 4.75. The van der Waals surface area contributed by atoms with Gasteiger partial charge in [-0.2, -0.15) is 0 Å². The number of ether oxygens (including phenoxy) is 2. The highest BCUT2D eigenvalue weighted by atomic mass is 16.5. The monoisotopic (exact) mass is 469 g/mol. The molecule has 0 unspecified atom stereocenters. The number of amides is 1. The molecule has 0 saturated heterocycles. The summed E-state index contributed by atoms with van der Waals surface area (Å²) in [7, 11) is 5.19. The Balaban J connectivity index is 1.49. The number of rotatable bonds is 5. The molecule has 0 fully saturated rings. The maximum Gasteiger partial charge on any atom is 0.246 e. The lowest BCUT2D eigenvalue weighted by atomic mass is 9.98. The van der Waals surface area contributed by atoms with E-state index in [0.717, 1.165) is 39.8 Å². The van der Waals surface area contributed by atoms with Crippen molar-refractivity contribution in [1.29, 1.82) is 0 Å². The zero-order valence-corrected chi connectivity index (χ0v) is 20.0. The third kappa shape index (κ3) is 3.97. The van der Waals surface area contributed by atoms with Crippen LogP contribution in [0.2, 0.25) is 0 Å². The van der Waals surface area contributed by atoms with Crippen LogP contribution in [0, 0.1) is 0 Å². The van der Waals surface area contributed by atoms with Gasteiger partial charge in [0.1, 0.15) is 17.8 Å². The van der Waals surface area contributed by atoms with Crippen molar-refractivity contribution in [2.24, 2.45) is 7.05 Å². The van der Waals surface area contributed by atoms with Crippen LogP contribution in [-0.2, 0) is 24.8 Å². The summed E-state index contributed by atoms with van der Waals surface area (Å²) in [4.78, 5) is 23.7. The van der Waals surface area contributed by atoms with Gasteiger partial charge in [-0.05, 0) is 41.3 Å². The van der Waals surface area contributed by atoms with Gasteiger partial charge in [0.15, 0.2) is 11.5 Å². The van der Waals surface area contributed by atoms with E-state index >= 15 is 0 Å². The highest BCUT2D eigenvalue weighted by molar-refractivity contribution is 6.04. The minimum absolute atomic E-state index is 0.0723. The Labute approximate surface area is 203 Å². The van der Waals surface area contributed by atoms with Crippen LogP contribution in [0.5, 0.6) is 11.5 Å². The average Bonchev–Trinajstić information content (AvgIpc) is 3.18. The highest BCUT2D eigenvalue weighted by Gasteiger charge is 2.23. The van der Waals surface area contributed by atoms with Gasteiger partial charge >= 0.3 is 0 Å². The van der Waals surface area contributed by atoms with Crippen LogP contribution in [-0.4, -0.2) is 46.1 Å². The Kier molecular flexibility index (Phi) is 5.86. The molecule has 4 aromatic rings. The van der Waals surface area contributed by atoms with E-state index in [0.29, 0.717) is 30.4 Å². The molecule has 2 aromatic carbocycles. The van der Waals surface area contributed by atoms with Gasteiger partial charge < -0.3 is 24.7 Å². The van der Waals surface area contributed by atoms with E-state index in [4.69, 9.17) is 15.2 Å². The lowest BCUT2D eigenvalue weighted by molar-refractivity contribution is -0.126. The lowest BCUT2D eigenvalue weighted by Gasteiger charge is -2.28. The zero-order valence-electron chi connectivity index (χ0n) is 20.0. The summed E-state index contributed by atoms with van der Waals surface area (Å²) < 4.78 is 12.9. The molecule has 5 rings (SSSR count). The van der Waals surface area contributed by atoms with E-state index in [1.807, 2.05) is 65.1 Å². The number of nitrogens with two attached hydrogens (primary N) is 1. The molecule has 2 N–H and O–H groups in total. The number of hydrogen-bond acceptors (Lipinski definition) is 6. The molecular weight excluding hydrogens is 442 g/mol. The van der Waals surface area contributed by atoms with Crippen molar-refractivity contribution in [1.82, 2.24) is 19.4 Å². The minimum Gasteiger partial charge on any atom is -0.493 e. The lowest BCUT2D eigenvalue weighted by Crippen LogP contribution is -2.34. The van der Waals surface area contributed by atoms with Gasteiger partial charge in [-0.25, -0.2) is 9.97 Å². The van der Waals surface area contributed by atoms with E-state index in [2.05, 4.69) is 9.97 Å². The van der Waals surface area contributed by atoms with Crippen LogP contribution in [0.4, 0.5) is 5.82 Å². The first-order valence-corrected chi connectivity index (χ1v) is 11.4. The number of carbonyl (C=O) groups excluding carboxylic acids is 1. The van der Waals surface area contributed by atoms with Gasteiger partial charge in [-0.15, -0.1) is 0 Å². The molecule has 0 aliphatic carbocycles. The first-order valence-electron chi connectivity index (χ1n) is 11.4. The van der Waals surface area contributed by atoms with Gasteiger partial charge in [0, 0.05) is 31.8 Å². The van der Waals surface area contributed by atoms with Crippen LogP contribution in [0.3, 0.4) is 0 Å². The second-order valence-corrected chi connectivity index (χ2v) is 8.46. The summed E-state index contributed by atoms with van der Waals surface area (Å²) in [6, 6.07) is 13.9. The Hall–Kier alpha value is -4.33. The van der Waals surface area contributed by atoms with E-state index in [1.165, 1.54) is 11.9 Å². The second-order valence-electron chi connectivity index (χ2n) is 8.46. The SMILES string of the molecule is COc1cc2c(cc1OC)CN(C(=O)/C=C/c1c(-c3ccccc3)n(C)c3ncnc(N)c13)CC2. The normalized spacial score (nSPS) is 13.3. The molecule has 8 heteroatoms. The number of benzene rings is 2. The average molecular weight is 470 g/mol. The smallest absolute Gasteiger partial charge is 0.246 e. The van der Waals surface area contributed by atoms with Crippen LogP contribution in [0.25, 0.3) is 28.4 Å². The first kappa shape index (κ1) is 22.5. The molecule has 178 valence electrons. The number of methoxy groups -OCH3 is 2. The molecule has 8 nitrogen and oxygen atoms in total. The Morgan fingerprint density at radius 3 is 2.49 bits per heavy atom. The van der Waals surface area contributed by atoms with Crippen molar-refractivity contribution in [3.63, 3.8) is 0 Å². The number of nitrogen functional groups attached to an aromatic ring is 1. The van der Waals surface area contributed by atoms with Crippen molar-refractivity contribution in [2.45, 2.75) is 13.0 Å². The topological polar surface area (TPSA) is 95.5 Å². The molecule has 0 spiro atoms. The van der Waals surface area contributed by atoms with Crippen LogP contribution in [0.1, 0.15) is 16.7 Å². The van der Waals surface area contributed by atoms with Crippen LogP contribution in [0.15, 0.2) is 54.9 Å². The molecule has 1 aliphatic rings. The largest absolute Gasteiger partial charge is 0.493 e. The standard InChI is InChI=1S/C27H27N5O3/c1-31-25(17-7-5-4-6-8-17)20(24-26(28)29-16-30-27(24)31)9-10-23(33)32-12-11-18-13-21(34-2)22(35-3)14-19(18)15-32/h4-10,13-14,16H,11-12,15H2,1-3H3,(H2,28,29,30)/b10-9+. The van der Waals surface area contributed by atoms with Gasteiger partial charge in [0.25, 0.3) is 0 Å². The Bertz CT molecular complexity index is 1440. The molecule has 3 heterocycles. The van der Waals surface area contributed by atoms with Gasteiger partial charge in [-0.1, -0.05) is 30.3 Å². The van der Waals surface area contributed by atoms with Crippen molar-refractivity contribution < 1.29 is 14.3 Å². The van der Waals surface area contributed by atoms with Crippen LogP contribution < -0.4 is 15.2 Å². The van der Waals surface area contributed by atoms with Crippen LogP contribution >= 0.6 is 0 Å². The van der Waals surface area contributed by atoms with Gasteiger partial charge in [-0.3, -0.25) is 4.79 Å². The fourth-order valence-corrected chi connectivity index (χ4v) is 4.75. The number of aromatic nitrogens is 3. The maximum atomic E-state index is 13.2. The van der Waals surface area contributed by atoms with Crippen molar-refractivity contribution >= 4 is 28.8 Å². The van der Waals surface area contributed by atoms with E-state index in [1.54, 1.807) is 20.3 Å². The third-order valence-corrected chi connectivity index (χ3v) is 6.50. The quantitative estimate of drug-likeness (QED) is 0.447. The maximum absolute atomic E-state index is 13.2. The number of nitrogens with zero attached hydrogens (tertiary/aromatic N) is 4. The number of anilines is 1. The Morgan fingerprint density at radius 1 is 1.06 bits per heavy atom. The zero-order chi connectivity index (χ0) is 24.5. The van der Waals surface area contributed by atoms with Crippen molar-refractivity contribution in [2.75, 3.05) is 26.5 Å². The van der Waals surface area contributed by atoms with E-state index in [-0.39, 0.29) is 5.91 Å². The minimum atomic E-state index is -0.0723. The predicted octanol–water partition coefficient (Wildman–Crippen LogP) is 3.83. The van der Waals surface area contributed by atoms with E-state index < -0.39 is 0 Å². The molecule has 35 heavy (non-hydrogen) atoms. The third-order valence-electron chi connectivity index (χ3n) is 6.50. The molecular formula is C27H27N5O3. The summed E-state index contributed by atoms with van der Waals surface area (Å²) in [6.45, 7) is 1.13. The number of aryl methyl sites for hydroxylation is 1. The molecule has 0 bridgehead atoms. The molecule has 0 radical (unpaired) electrons. The first-order chi connectivity index (χ1) is 17.0. The number of hydrogen-bond donors (Lipinski definition) is 1. The van der Waals surface area contributed by atoms with Gasteiger partial charge in [0.05, 0.1) is 25.3 Å². The summed E-state index contributed by atoms with van der Waals surface area (Å²) in [5, 5.41) is 0.735. The summed E-state index contributed by atoms with van der Waals surface area (Å²) in [5.74, 6) is 1.68. The highest BCUT2D eigenvalue weighted by Crippen LogP contribution is 2.36. The van der Waals surface area contributed by atoms with Crippen molar-refractivity contribution in [3.05, 3.63) is 71.6 Å². The summed E-state index contributed by atoms with van der Waals surface area (Å²) >= 11 is 0. The molecule has 0 atom stereocenters. The molecule has 2 aromatic heterocycles. The summed E-state index contributed by atoms with van der Waals surface area (Å²) in [6.07, 6.45) is 5.65. The molecule has 1 aliphatic heterocycles. The Morgan fingerprint density at radius 2 is 1.77 bits per heavy atom. The number of carbonyl (C=O) groups is 1. The molecule has 0 saturated carbocycles. The predicted molar refractivity (Wildman–Crippen MR) is 136 cm³/mol. The van der Waals surface area contributed by atoms with Crippen molar-refractivity contribution in [3.8, 4) is 22.8 Å².